The molecule has 0 amide bonds. The van der Waals surface area contributed by atoms with Crippen molar-refractivity contribution in [2.24, 2.45) is 5.92 Å². The highest BCUT2D eigenvalue weighted by Gasteiger charge is 2.23. The van der Waals surface area contributed by atoms with E-state index in [4.69, 9.17) is 11.6 Å². The predicted molar refractivity (Wildman–Crippen MR) is 83.4 cm³/mol. The standard InChI is InChI=1S/C15H22ClNO2S/c1-12(14-9-5-6-10-15(14)16)17-20(18,19)11-13-7-3-2-4-8-13/h5-6,9-10,12-13,17H,2-4,7-8,11H2,1H3. The van der Waals surface area contributed by atoms with E-state index in [2.05, 4.69) is 4.72 Å². The van der Waals surface area contributed by atoms with Crippen molar-refractivity contribution in [1.29, 1.82) is 0 Å². The Hall–Kier alpha value is -0.580. The lowest BCUT2D eigenvalue weighted by Crippen LogP contribution is -2.32. The minimum atomic E-state index is -3.25. The lowest BCUT2D eigenvalue weighted by Gasteiger charge is -2.23. The lowest BCUT2D eigenvalue weighted by atomic mass is 9.91. The van der Waals surface area contributed by atoms with Crippen molar-refractivity contribution in [2.75, 3.05) is 5.75 Å². The lowest BCUT2D eigenvalue weighted by molar-refractivity contribution is 0.383. The average Bonchev–Trinajstić information content (AvgIpc) is 2.39. The fourth-order valence-electron chi connectivity index (χ4n) is 2.87. The van der Waals surface area contributed by atoms with E-state index < -0.39 is 10.0 Å². The molecule has 0 saturated heterocycles. The number of rotatable bonds is 5. The Bertz CT molecular complexity index is 539. The zero-order valence-electron chi connectivity index (χ0n) is 11.8. The van der Waals surface area contributed by atoms with Gasteiger partial charge in [0.1, 0.15) is 0 Å². The quantitative estimate of drug-likeness (QED) is 0.895. The average molecular weight is 316 g/mol. The Labute approximate surface area is 126 Å². The van der Waals surface area contributed by atoms with Crippen molar-refractivity contribution in [3.8, 4) is 0 Å². The summed E-state index contributed by atoms with van der Waals surface area (Å²) < 4.78 is 27.2. The molecule has 2 rings (SSSR count). The van der Waals surface area contributed by atoms with E-state index in [0.717, 1.165) is 31.2 Å². The summed E-state index contributed by atoms with van der Waals surface area (Å²) in [6.45, 7) is 1.83. The summed E-state index contributed by atoms with van der Waals surface area (Å²) in [4.78, 5) is 0. The molecule has 0 heterocycles. The fourth-order valence-corrected chi connectivity index (χ4v) is 4.89. The van der Waals surface area contributed by atoms with E-state index in [-0.39, 0.29) is 11.8 Å². The molecule has 0 spiro atoms. The molecule has 1 N–H and O–H groups in total. The van der Waals surface area contributed by atoms with Crippen LogP contribution in [-0.2, 0) is 10.0 Å². The second-order valence-corrected chi connectivity index (χ2v) is 7.85. The van der Waals surface area contributed by atoms with Crippen LogP contribution in [0.4, 0.5) is 0 Å². The third-order valence-electron chi connectivity index (χ3n) is 3.91. The first-order valence-corrected chi connectivity index (χ1v) is 9.25. The van der Waals surface area contributed by atoms with Gasteiger partial charge in [-0.25, -0.2) is 13.1 Å². The van der Waals surface area contributed by atoms with Crippen molar-refractivity contribution in [3.05, 3.63) is 34.9 Å². The maximum Gasteiger partial charge on any atom is 0.212 e. The van der Waals surface area contributed by atoms with Gasteiger partial charge in [-0.15, -0.1) is 0 Å². The molecule has 1 aromatic carbocycles. The molecule has 1 aromatic rings. The van der Waals surface area contributed by atoms with Gasteiger partial charge in [0.25, 0.3) is 0 Å². The van der Waals surface area contributed by atoms with Gasteiger partial charge in [0.05, 0.1) is 5.75 Å². The van der Waals surface area contributed by atoms with Crippen LogP contribution in [0.1, 0.15) is 50.6 Å². The molecule has 3 nitrogen and oxygen atoms in total. The summed E-state index contributed by atoms with van der Waals surface area (Å²) in [5.41, 5.74) is 0.821. The van der Waals surface area contributed by atoms with Gasteiger partial charge < -0.3 is 0 Å². The van der Waals surface area contributed by atoms with Crippen molar-refractivity contribution < 1.29 is 8.42 Å². The number of hydrogen-bond donors (Lipinski definition) is 1. The van der Waals surface area contributed by atoms with E-state index in [1.807, 2.05) is 25.1 Å². The molecular formula is C15H22ClNO2S. The van der Waals surface area contributed by atoms with Crippen LogP contribution in [0.5, 0.6) is 0 Å². The maximum absolute atomic E-state index is 12.2. The number of benzene rings is 1. The molecule has 0 bridgehead atoms. The number of sulfonamides is 1. The molecule has 1 saturated carbocycles. The van der Waals surface area contributed by atoms with Gasteiger partial charge in [-0.2, -0.15) is 0 Å². The van der Waals surface area contributed by atoms with E-state index in [0.29, 0.717) is 10.9 Å². The van der Waals surface area contributed by atoms with Crippen molar-refractivity contribution in [1.82, 2.24) is 4.72 Å². The monoisotopic (exact) mass is 315 g/mol. The molecule has 112 valence electrons. The Balaban J connectivity index is 1.98. The van der Waals surface area contributed by atoms with E-state index in [9.17, 15) is 8.42 Å². The number of halogens is 1. The summed E-state index contributed by atoms with van der Waals surface area (Å²) in [5.74, 6) is 0.543. The Morgan fingerprint density at radius 2 is 1.90 bits per heavy atom. The van der Waals surface area contributed by atoms with Gasteiger partial charge in [0.15, 0.2) is 0 Å². The molecule has 1 unspecified atom stereocenters. The van der Waals surface area contributed by atoms with Gasteiger partial charge in [0, 0.05) is 11.1 Å². The Morgan fingerprint density at radius 1 is 1.25 bits per heavy atom. The van der Waals surface area contributed by atoms with Crippen LogP contribution < -0.4 is 4.72 Å². The largest absolute Gasteiger partial charge is 0.212 e. The first kappa shape index (κ1) is 15.8. The van der Waals surface area contributed by atoms with Crippen LogP contribution in [0.2, 0.25) is 5.02 Å². The van der Waals surface area contributed by atoms with Crippen LogP contribution in [-0.4, -0.2) is 14.2 Å². The minimum absolute atomic E-state index is 0.238. The van der Waals surface area contributed by atoms with Gasteiger partial charge >= 0.3 is 0 Å². The molecule has 20 heavy (non-hydrogen) atoms. The van der Waals surface area contributed by atoms with Gasteiger partial charge in [-0.1, -0.05) is 49.1 Å². The predicted octanol–water partition coefficient (Wildman–Crippen LogP) is 3.90. The highest BCUT2D eigenvalue weighted by molar-refractivity contribution is 7.89. The molecule has 0 aliphatic heterocycles. The molecule has 1 atom stereocenters. The molecule has 1 aliphatic carbocycles. The second kappa shape index (κ2) is 6.92. The van der Waals surface area contributed by atoms with Gasteiger partial charge in [0.2, 0.25) is 10.0 Å². The molecule has 0 aromatic heterocycles. The summed E-state index contributed by atoms with van der Waals surface area (Å²) >= 11 is 6.11. The topological polar surface area (TPSA) is 46.2 Å². The summed E-state index contributed by atoms with van der Waals surface area (Å²) in [6, 6.07) is 7.05. The van der Waals surface area contributed by atoms with Crippen LogP contribution in [0.25, 0.3) is 0 Å². The summed E-state index contributed by atoms with van der Waals surface area (Å²) in [5, 5.41) is 0.598. The SMILES string of the molecule is CC(NS(=O)(=O)CC1CCCCC1)c1ccccc1Cl. The Kier molecular flexibility index (Phi) is 5.47. The Morgan fingerprint density at radius 3 is 2.55 bits per heavy atom. The van der Waals surface area contributed by atoms with Crippen LogP contribution in [0, 0.1) is 5.92 Å². The van der Waals surface area contributed by atoms with Crippen LogP contribution >= 0.6 is 11.6 Å². The highest BCUT2D eigenvalue weighted by atomic mass is 35.5. The molecule has 1 aliphatic rings. The van der Waals surface area contributed by atoms with E-state index in [1.165, 1.54) is 6.42 Å². The fraction of sp³-hybridized carbons (Fsp3) is 0.600. The molecule has 1 fully saturated rings. The van der Waals surface area contributed by atoms with Crippen LogP contribution in [0.15, 0.2) is 24.3 Å². The normalized spacial score (nSPS) is 18.9. The smallest absolute Gasteiger partial charge is 0.212 e. The third-order valence-corrected chi connectivity index (χ3v) is 5.88. The van der Waals surface area contributed by atoms with Gasteiger partial charge in [-0.3, -0.25) is 0 Å². The third kappa shape index (κ3) is 4.47. The van der Waals surface area contributed by atoms with E-state index in [1.54, 1.807) is 6.07 Å². The van der Waals surface area contributed by atoms with E-state index >= 15 is 0 Å². The van der Waals surface area contributed by atoms with Crippen molar-refractivity contribution >= 4 is 21.6 Å². The first-order chi connectivity index (χ1) is 9.48. The van der Waals surface area contributed by atoms with Crippen molar-refractivity contribution in [3.63, 3.8) is 0 Å². The van der Waals surface area contributed by atoms with Crippen LogP contribution in [0.3, 0.4) is 0 Å². The van der Waals surface area contributed by atoms with Gasteiger partial charge in [-0.05, 0) is 37.3 Å². The zero-order valence-corrected chi connectivity index (χ0v) is 13.4. The molecule has 0 radical (unpaired) electrons. The number of nitrogens with one attached hydrogen (secondary N) is 1. The minimum Gasteiger partial charge on any atom is -0.212 e. The number of hydrogen-bond acceptors (Lipinski definition) is 2. The van der Waals surface area contributed by atoms with Crippen molar-refractivity contribution in [2.45, 2.75) is 45.1 Å². The molecule has 5 heteroatoms. The second-order valence-electron chi connectivity index (χ2n) is 5.65. The maximum atomic E-state index is 12.2. The highest BCUT2D eigenvalue weighted by Crippen LogP contribution is 2.26. The first-order valence-electron chi connectivity index (χ1n) is 7.22. The summed E-state index contributed by atoms with van der Waals surface area (Å²) in [6.07, 6.45) is 5.60. The zero-order chi connectivity index (χ0) is 14.6. The summed E-state index contributed by atoms with van der Waals surface area (Å²) in [7, 11) is -3.25. The molecular weight excluding hydrogens is 294 g/mol.